The molecule has 8 nitrogen and oxygen atoms in total. The van der Waals surface area contributed by atoms with Crippen LogP contribution in [-0.4, -0.2) is 56.1 Å². The number of carboxylic acids is 1. The largest absolute Gasteiger partial charge is 0.499 e. The van der Waals surface area contributed by atoms with Gasteiger partial charge < -0.3 is 30.3 Å². The van der Waals surface area contributed by atoms with Crippen LogP contribution in [0.3, 0.4) is 0 Å². The zero-order valence-corrected chi connectivity index (χ0v) is 8.61. The molecular formula is C9H12O8. The van der Waals surface area contributed by atoms with E-state index in [1.165, 1.54) is 0 Å². The number of ether oxygens (including phenoxy) is 1. The molecule has 0 saturated carbocycles. The van der Waals surface area contributed by atoms with E-state index in [4.69, 9.17) is 25.5 Å². The first kappa shape index (κ1) is 14.9. The summed E-state index contributed by atoms with van der Waals surface area (Å²) in [4.78, 5) is 20.1. The summed E-state index contributed by atoms with van der Waals surface area (Å²) in [6.45, 7) is 2.28. The topological polar surface area (TPSA) is 145 Å². The highest BCUT2D eigenvalue weighted by Gasteiger charge is 2.40. The fourth-order valence-corrected chi connectivity index (χ4v) is 0.819. The molecule has 0 fully saturated rings. The maximum Gasteiger partial charge on any atom is 0.327 e. The van der Waals surface area contributed by atoms with Crippen molar-refractivity contribution in [2.24, 2.45) is 0 Å². The monoisotopic (exact) mass is 248 g/mol. The molecule has 0 amide bonds. The second-order valence-corrected chi connectivity index (χ2v) is 2.85. The van der Waals surface area contributed by atoms with Crippen molar-refractivity contribution in [2.75, 3.05) is 6.61 Å². The van der Waals surface area contributed by atoms with Gasteiger partial charge >= 0.3 is 11.9 Å². The Morgan fingerprint density at radius 3 is 2.24 bits per heavy atom. The van der Waals surface area contributed by atoms with Gasteiger partial charge in [0.2, 0.25) is 11.5 Å². The number of aliphatic carboxylic acids is 1. The van der Waals surface area contributed by atoms with E-state index in [2.05, 4.69) is 11.3 Å². The minimum Gasteiger partial charge on any atom is -0.499 e. The maximum absolute atomic E-state index is 10.9. The summed E-state index contributed by atoms with van der Waals surface area (Å²) in [5.74, 6) is -3.76. The smallest absolute Gasteiger partial charge is 0.327 e. The Hall–Kier alpha value is -2.06. The average molecular weight is 248 g/mol. The Labute approximate surface area is 95.7 Å². The molecule has 0 aromatic carbocycles. The summed E-state index contributed by atoms with van der Waals surface area (Å²) >= 11 is 0. The molecule has 1 aliphatic heterocycles. The highest BCUT2D eigenvalue weighted by atomic mass is 16.6. The Balaban J connectivity index is 0.000000437. The summed E-state index contributed by atoms with van der Waals surface area (Å²) in [6, 6.07) is 0. The van der Waals surface area contributed by atoms with Crippen LogP contribution in [0.5, 0.6) is 0 Å². The predicted molar refractivity (Wildman–Crippen MR) is 53.1 cm³/mol. The van der Waals surface area contributed by atoms with Crippen LogP contribution in [0.1, 0.15) is 0 Å². The molecule has 1 heterocycles. The lowest BCUT2D eigenvalue weighted by Gasteiger charge is -2.13. The van der Waals surface area contributed by atoms with Crippen LogP contribution in [0.2, 0.25) is 0 Å². The van der Waals surface area contributed by atoms with Crippen molar-refractivity contribution >= 4 is 11.8 Å². The molecule has 2 unspecified atom stereocenters. The fraction of sp³-hybridized carbons (Fsp3) is 0.333. The summed E-state index contributed by atoms with van der Waals surface area (Å²) in [5.41, 5.74) is 0. The van der Waals surface area contributed by atoms with Crippen molar-refractivity contribution < 1.29 is 39.9 Å². The number of hydrogen-bond acceptors (Lipinski definition) is 7. The van der Waals surface area contributed by atoms with Crippen molar-refractivity contribution in [1.29, 1.82) is 0 Å². The van der Waals surface area contributed by atoms with Gasteiger partial charge in [-0.15, -0.1) is 0 Å². The van der Waals surface area contributed by atoms with Gasteiger partial charge in [-0.2, -0.15) is 0 Å². The van der Waals surface area contributed by atoms with Crippen LogP contribution in [0.25, 0.3) is 0 Å². The van der Waals surface area contributed by atoms with Gasteiger partial charge in [0.1, 0.15) is 6.10 Å². The van der Waals surface area contributed by atoms with Crippen molar-refractivity contribution in [2.45, 2.75) is 12.2 Å². The summed E-state index contributed by atoms with van der Waals surface area (Å²) < 4.78 is 4.36. The van der Waals surface area contributed by atoms with E-state index < -0.39 is 42.3 Å². The van der Waals surface area contributed by atoms with E-state index in [0.717, 1.165) is 6.08 Å². The zero-order chi connectivity index (χ0) is 13.6. The van der Waals surface area contributed by atoms with Crippen LogP contribution in [0, 0.1) is 0 Å². The van der Waals surface area contributed by atoms with Gasteiger partial charge in [-0.3, -0.25) is 4.79 Å². The van der Waals surface area contributed by atoms with Crippen LogP contribution >= 0.6 is 0 Å². The van der Waals surface area contributed by atoms with E-state index in [0.29, 0.717) is 0 Å². The van der Waals surface area contributed by atoms with Gasteiger partial charge in [0.05, 0.1) is 6.61 Å². The molecule has 8 heteroatoms. The summed E-state index contributed by atoms with van der Waals surface area (Å²) in [7, 11) is 0. The van der Waals surface area contributed by atoms with Crippen molar-refractivity contribution in [1.82, 2.24) is 0 Å². The second kappa shape index (κ2) is 6.51. The number of Topliss-reactive ketones (excluding diaryl/α,β-unsaturated/α-hetero) is 1. The predicted octanol–water partition coefficient (Wildman–Crippen LogP) is -1.15. The number of ketones is 1. The number of rotatable bonds is 3. The van der Waals surface area contributed by atoms with Crippen molar-refractivity contribution in [3.05, 3.63) is 24.4 Å². The molecular weight excluding hydrogens is 236 g/mol. The van der Waals surface area contributed by atoms with Gasteiger partial charge in [-0.05, 0) is 0 Å². The molecule has 0 saturated heterocycles. The van der Waals surface area contributed by atoms with Gasteiger partial charge in [-0.1, -0.05) is 6.58 Å². The first-order valence-corrected chi connectivity index (χ1v) is 4.32. The molecule has 0 spiro atoms. The SMILES string of the molecule is C=CC(=O)O.O=C1C(O)=C(O)OC1C(O)CO. The van der Waals surface area contributed by atoms with E-state index in [9.17, 15) is 9.59 Å². The lowest BCUT2D eigenvalue weighted by molar-refractivity contribution is -0.132. The lowest BCUT2D eigenvalue weighted by atomic mass is 10.1. The third kappa shape index (κ3) is 4.13. The maximum atomic E-state index is 10.9. The van der Waals surface area contributed by atoms with E-state index >= 15 is 0 Å². The molecule has 0 aliphatic carbocycles. The summed E-state index contributed by atoms with van der Waals surface area (Å²) in [5, 5.41) is 42.4. The number of hydrogen-bond donors (Lipinski definition) is 5. The normalized spacial score (nSPS) is 20.1. The number of aliphatic hydroxyl groups is 4. The molecule has 0 bridgehead atoms. The molecule has 1 aliphatic rings. The third-order valence-electron chi connectivity index (χ3n) is 1.64. The standard InChI is InChI=1S/C6H8O6.C3H4O2/c7-1-2(8)5-3(9)4(10)6(11)12-5;1-2-3(4)5/h2,5,7-8,10-11H,1H2;2H,1H2,(H,4,5). The van der Waals surface area contributed by atoms with Gasteiger partial charge in [0.15, 0.2) is 6.10 Å². The summed E-state index contributed by atoms with van der Waals surface area (Å²) in [6.07, 6.45) is -2.01. The molecule has 2 atom stereocenters. The first-order valence-electron chi connectivity index (χ1n) is 4.32. The van der Waals surface area contributed by atoms with Gasteiger partial charge in [0.25, 0.3) is 0 Å². The van der Waals surface area contributed by atoms with Crippen molar-refractivity contribution in [3.8, 4) is 0 Å². The Morgan fingerprint density at radius 2 is 2.00 bits per heavy atom. The van der Waals surface area contributed by atoms with Gasteiger partial charge in [-0.25, -0.2) is 4.79 Å². The minimum absolute atomic E-state index is 0.684. The van der Waals surface area contributed by atoms with E-state index in [-0.39, 0.29) is 0 Å². The Kier molecular flexibility index (Phi) is 5.72. The molecule has 0 aromatic rings. The Morgan fingerprint density at radius 1 is 1.53 bits per heavy atom. The minimum atomic E-state index is -1.44. The third-order valence-corrected chi connectivity index (χ3v) is 1.64. The molecule has 1 rings (SSSR count). The van der Waals surface area contributed by atoms with Gasteiger partial charge in [0, 0.05) is 6.08 Å². The van der Waals surface area contributed by atoms with Crippen molar-refractivity contribution in [3.63, 3.8) is 0 Å². The molecule has 0 aromatic heterocycles. The fourth-order valence-electron chi connectivity index (χ4n) is 0.819. The number of carboxylic acid groups (broad SMARTS) is 1. The van der Waals surface area contributed by atoms with Crippen LogP contribution < -0.4 is 0 Å². The lowest BCUT2D eigenvalue weighted by Crippen LogP contribution is -2.35. The van der Waals surface area contributed by atoms with Crippen LogP contribution in [-0.2, 0) is 14.3 Å². The van der Waals surface area contributed by atoms with E-state index in [1.54, 1.807) is 0 Å². The molecule has 96 valence electrons. The zero-order valence-electron chi connectivity index (χ0n) is 8.61. The van der Waals surface area contributed by atoms with E-state index in [1.807, 2.05) is 0 Å². The van der Waals surface area contributed by atoms with Crippen LogP contribution in [0.15, 0.2) is 24.4 Å². The number of carbonyl (C=O) groups excluding carboxylic acids is 1. The highest BCUT2D eigenvalue weighted by Crippen LogP contribution is 2.19. The average Bonchev–Trinajstić information content (AvgIpc) is 2.56. The molecule has 17 heavy (non-hydrogen) atoms. The number of carbonyl (C=O) groups is 2. The highest BCUT2D eigenvalue weighted by molar-refractivity contribution is 5.99. The second-order valence-electron chi connectivity index (χ2n) is 2.85. The molecule has 5 N–H and O–H groups in total. The van der Waals surface area contributed by atoms with Crippen LogP contribution in [0.4, 0.5) is 0 Å². The number of aliphatic hydroxyl groups excluding tert-OH is 4. The molecule has 0 radical (unpaired) electrons. The first-order chi connectivity index (χ1) is 7.84. The Bertz CT molecular complexity index is 345. The quantitative estimate of drug-likeness (QED) is 0.394.